The molecule has 0 bridgehead atoms. The average Bonchev–Trinajstić information content (AvgIpc) is 2.80. The lowest BCUT2D eigenvalue weighted by molar-refractivity contribution is 0.416. The van der Waals surface area contributed by atoms with Crippen LogP contribution in [-0.2, 0) is 11.8 Å². The molecule has 1 aromatic heterocycles. The number of benzene rings is 1. The van der Waals surface area contributed by atoms with Crippen molar-refractivity contribution in [3.63, 3.8) is 0 Å². The molecule has 1 heterocycles. The Kier molecular flexibility index (Phi) is 3.96. The second-order valence-electron chi connectivity index (χ2n) is 4.77. The summed E-state index contributed by atoms with van der Waals surface area (Å²) in [5.74, 6) is -2.70. The van der Waals surface area contributed by atoms with Gasteiger partial charge in [0.05, 0.1) is 0 Å². The molecule has 0 saturated carbocycles. The highest BCUT2D eigenvalue weighted by atomic mass is 32.1. The van der Waals surface area contributed by atoms with Crippen LogP contribution in [0.25, 0.3) is 0 Å². The number of hydrogen-bond donors (Lipinski definition) is 1. The molecule has 0 saturated heterocycles. The molecule has 1 unspecified atom stereocenters. The normalized spacial score (nSPS) is 14.4. The molecular formula is C14H14F3NS. The lowest BCUT2D eigenvalue weighted by atomic mass is 9.78. The van der Waals surface area contributed by atoms with Crippen LogP contribution in [0.4, 0.5) is 13.2 Å². The lowest BCUT2D eigenvalue weighted by Gasteiger charge is -2.29. The Hall–Kier alpha value is -1.33. The van der Waals surface area contributed by atoms with Gasteiger partial charge >= 0.3 is 0 Å². The van der Waals surface area contributed by atoms with Crippen molar-refractivity contribution in [3.05, 3.63) is 57.5 Å². The van der Waals surface area contributed by atoms with Gasteiger partial charge in [-0.15, -0.1) is 11.3 Å². The fourth-order valence-corrected chi connectivity index (χ4v) is 3.07. The first-order valence-electron chi connectivity index (χ1n) is 5.84. The van der Waals surface area contributed by atoms with Gasteiger partial charge in [-0.1, -0.05) is 13.0 Å². The summed E-state index contributed by atoms with van der Waals surface area (Å²) >= 11 is 1.50. The molecule has 0 amide bonds. The predicted octanol–water partition coefficient (Wildman–Crippen LogP) is 3.62. The van der Waals surface area contributed by atoms with Crippen molar-refractivity contribution in [1.82, 2.24) is 0 Å². The third-order valence-corrected chi connectivity index (χ3v) is 4.08. The lowest BCUT2D eigenvalue weighted by Crippen LogP contribution is -2.36. The van der Waals surface area contributed by atoms with Crippen LogP contribution < -0.4 is 5.73 Å². The van der Waals surface area contributed by atoms with Crippen LogP contribution in [0.3, 0.4) is 0 Å². The summed E-state index contributed by atoms with van der Waals surface area (Å²) in [6.07, 6.45) is 0.417. The summed E-state index contributed by atoms with van der Waals surface area (Å²) in [4.78, 5) is 0.982. The topological polar surface area (TPSA) is 26.0 Å². The second kappa shape index (κ2) is 5.35. The van der Waals surface area contributed by atoms with E-state index in [0.717, 1.165) is 4.88 Å². The van der Waals surface area contributed by atoms with Gasteiger partial charge in [0.2, 0.25) is 0 Å². The van der Waals surface area contributed by atoms with Crippen LogP contribution in [0.15, 0.2) is 29.6 Å². The molecule has 2 aromatic rings. The van der Waals surface area contributed by atoms with Crippen molar-refractivity contribution < 1.29 is 13.2 Å². The van der Waals surface area contributed by atoms with Gasteiger partial charge in [0, 0.05) is 34.5 Å². The molecule has 2 rings (SSSR count). The van der Waals surface area contributed by atoms with Crippen molar-refractivity contribution in [2.24, 2.45) is 5.73 Å². The van der Waals surface area contributed by atoms with Crippen LogP contribution in [0.1, 0.15) is 17.4 Å². The highest BCUT2D eigenvalue weighted by Crippen LogP contribution is 2.33. The maximum absolute atomic E-state index is 13.9. The van der Waals surface area contributed by atoms with Gasteiger partial charge in [-0.2, -0.15) is 0 Å². The molecule has 5 heteroatoms. The maximum Gasteiger partial charge on any atom is 0.132 e. The molecule has 0 aliphatic rings. The van der Waals surface area contributed by atoms with E-state index in [-0.39, 0.29) is 12.1 Å². The van der Waals surface area contributed by atoms with E-state index < -0.39 is 22.9 Å². The van der Waals surface area contributed by atoms with Gasteiger partial charge < -0.3 is 5.73 Å². The van der Waals surface area contributed by atoms with E-state index in [4.69, 9.17) is 5.73 Å². The first-order chi connectivity index (χ1) is 8.96. The maximum atomic E-state index is 13.9. The minimum Gasteiger partial charge on any atom is -0.330 e. The van der Waals surface area contributed by atoms with E-state index in [1.807, 2.05) is 17.5 Å². The number of halogens is 3. The highest BCUT2D eigenvalue weighted by molar-refractivity contribution is 7.09. The second-order valence-corrected chi connectivity index (χ2v) is 5.80. The van der Waals surface area contributed by atoms with Crippen molar-refractivity contribution in [3.8, 4) is 0 Å². The molecule has 1 nitrogen and oxygen atoms in total. The Bertz CT molecular complexity index is 545. The SMILES string of the molecule is CC(CN)(Cc1cccs1)c1c(F)cc(F)cc1F. The van der Waals surface area contributed by atoms with E-state index in [0.29, 0.717) is 18.6 Å². The third-order valence-electron chi connectivity index (χ3n) is 3.21. The summed E-state index contributed by atoms with van der Waals surface area (Å²) < 4.78 is 40.7. The standard InChI is InChI=1S/C14H14F3NS/c1-14(8-18,7-10-3-2-4-19-10)13-11(16)5-9(15)6-12(13)17/h2-6H,7-8,18H2,1H3. The fourth-order valence-electron chi connectivity index (χ4n) is 2.18. The zero-order valence-corrected chi connectivity index (χ0v) is 11.2. The molecule has 0 spiro atoms. The van der Waals surface area contributed by atoms with E-state index in [9.17, 15) is 13.2 Å². The first kappa shape index (κ1) is 14.1. The molecule has 1 aromatic carbocycles. The first-order valence-corrected chi connectivity index (χ1v) is 6.72. The van der Waals surface area contributed by atoms with Gasteiger partial charge in [0.15, 0.2) is 0 Å². The predicted molar refractivity (Wildman–Crippen MR) is 70.7 cm³/mol. The molecular weight excluding hydrogens is 271 g/mol. The van der Waals surface area contributed by atoms with Gasteiger partial charge in [-0.3, -0.25) is 0 Å². The molecule has 0 aliphatic carbocycles. The van der Waals surface area contributed by atoms with Gasteiger partial charge in [0.25, 0.3) is 0 Å². The van der Waals surface area contributed by atoms with Crippen LogP contribution in [0.5, 0.6) is 0 Å². The molecule has 19 heavy (non-hydrogen) atoms. The quantitative estimate of drug-likeness (QED) is 0.912. The molecule has 1 atom stereocenters. The van der Waals surface area contributed by atoms with E-state index in [1.165, 1.54) is 11.3 Å². The van der Waals surface area contributed by atoms with E-state index >= 15 is 0 Å². The molecule has 0 fully saturated rings. The monoisotopic (exact) mass is 285 g/mol. The van der Waals surface area contributed by atoms with Crippen molar-refractivity contribution in [2.75, 3.05) is 6.54 Å². The van der Waals surface area contributed by atoms with Crippen LogP contribution in [0.2, 0.25) is 0 Å². The van der Waals surface area contributed by atoms with Gasteiger partial charge in [0.1, 0.15) is 17.5 Å². The number of rotatable bonds is 4. The molecule has 0 aliphatic heterocycles. The summed E-state index contributed by atoms with van der Waals surface area (Å²) in [5, 5.41) is 1.89. The van der Waals surface area contributed by atoms with Crippen LogP contribution in [-0.4, -0.2) is 6.54 Å². The number of thiophene rings is 1. The van der Waals surface area contributed by atoms with Crippen molar-refractivity contribution >= 4 is 11.3 Å². The number of hydrogen-bond acceptors (Lipinski definition) is 2. The van der Waals surface area contributed by atoms with Gasteiger partial charge in [-0.05, 0) is 17.9 Å². The largest absolute Gasteiger partial charge is 0.330 e. The third kappa shape index (κ3) is 2.82. The number of nitrogens with two attached hydrogens (primary N) is 1. The Morgan fingerprint density at radius 3 is 2.32 bits per heavy atom. The van der Waals surface area contributed by atoms with Crippen LogP contribution in [0, 0.1) is 17.5 Å². The van der Waals surface area contributed by atoms with Crippen LogP contribution >= 0.6 is 11.3 Å². The zero-order chi connectivity index (χ0) is 14.0. The minimum absolute atomic E-state index is 0.0738. The Balaban J connectivity index is 2.46. The molecule has 102 valence electrons. The Morgan fingerprint density at radius 1 is 1.21 bits per heavy atom. The Labute approximate surface area is 113 Å². The Morgan fingerprint density at radius 2 is 1.84 bits per heavy atom. The fraction of sp³-hybridized carbons (Fsp3) is 0.286. The van der Waals surface area contributed by atoms with E-state index in [1.54, 1.807) is 6.92 Å². The summed E-state index contributed by atoms with van der Waals surface area (Å²) in [6.45, 7) is 1.76. The summed E-state index contributed by atoms with van der Waals surface area (Å²) in [5.41, 5.74) is 4.66. The van der Waals surface area contributed by atoms with E-state index in [2.05, 4.69) is 0 Å². The van der Waals surface area contributed by atoms with Crippen molar-refractivity contribution in [2.45, 2.75) is 18.8 Å². The molecule has 0 radical (unpaired) electrons. The summed E-state index contributed by atoms with van der Waals surface area (Å²) in [7, 11) is 0. The highest BCUT2D eigenvalue weighted by Gasteiger charge is 2.32. The molecule has 2 N–H and O–H groups in total. The summed E-state index contributed by atoms with van der Waals surface area (Å²) in [6, 6.07) is 5.15. The zero-order valence-electron chi connectivity index (χ0n) is 10.4. The van der Waals surface area contributed by atoms with Gasteiger partial charge in [-0.25, -0.2) is 13.2 Å². The minimum atomic E-state index is -0.922. The average molecular weight is 285 g/mol. The van der Waals surface area contributed by atoms with Crippen molar-refractivity contribution in [1.29, 1.82) is 0 Å². The smallest absolute Gasteiger partial charge is 0.132 e.